The molecule has 0 unspecified atom stereocenters. The zero-order chi connectivity index (χ0) is 26.2. The van der Waals surface area contributed by atoms with Gasteiger partial charge in [-0.05, 0) is 48.5 Å². The minimum atomic E-state index is -1.06. The van der Waals surface area contributed by atoms with Crippen LogP contribution in [0.15, 0.2) is 48.5 Å². The number of aromatic nitrogens is 1. The second kappa shape index (κ2) is 12.4. The lowest BCUT2D eigenvalue weighted by atomic mass is 9.93. The molecular weight excluding hydrogens is 493 g/mol. The first-order valence-electron chi connectivity index (χ1n) is 10.9. The summed E-state index contributed by atoms with van der Waals surface area (Å²) in [5, 5.41) is 18.7. The van der Waals surface area contributed by atoms with Crippen LogP contribution < -0.4 is 14.2 Å². The molecule has 0 aliphatic carbocycles. The largest absolute Gasteiger partial charge is 0.494 e. The number of rotatable bonds is 12. The first kappa shape index (κ1) is 27.1. The predicted molar refractivity (Wildman–Crippen MR) is 131 cm³/mol. The van der Waals surface area contributed by atoms with Crippen LogP contribution in [0, 0.1) is 11.7 Å². The number of hydrogen-bond acceptors (Lipinski definition) is 8. The Labute approximate surface area is 212 Å². The fraction of sp³-hybridized carbons (Fsp3) is 0.269. The van der Waals surface area contributed by atoms with Crippen molar-refractivity contribution >= 4 is 23.2 Å². The van der Waals surface area contributed by atoms with E-state index in [1.54, 1.807) is 0 Å². The highest BCUT2D eigenvalue weighted by molar-refractivity contribution is 6.31. The summed E-state index contributed by atoms with van der Waals surface area (Å²) >= 11 is 5.90. The quantitative estimate of drug-likeness (QED) is 0.346. The van der Waals surface area contributed by atoms with Crippen molar-refractivity contribution in [2.24, 2.45) is 5.92 Å². The van der Waals surface area contributed by atoms with Gasteiger partial charge in [0.1, 0.15) is 29.6 Å². The van der Waals surface area contributed by atoms with E-state index < -0.39 is 29.9 Å². The van der Waals surface area contributed by atoms with Crippen LogP contribution in [0.5, 0.6) is 17.2 Å². The summed E-state index contributed by atoms with van der Waals surface area (Å²) in [6, 6.07) is 11.5. The van der Waals surface area contributed by atoms with Crippen LogP contribution in [0.4, 0.5) is 4.39 Å². The molecule has 0 bridgehead atoms. The maximum Gasteiger partial charge on any atom is 0.187 e. The topological polar surface area (TPSA) is 115 Å². The molecule has 1 atom stereocenters. The summed E-state index contributed by atoms with van der Waals surface area (Å²) in [5.74, 6) is -1.61. The van der Waals surface area contributed by atoms with Crippen molar-refractivity contribution in [2.75, 3.05) is 34.0 Å². The maximum absolute atomic E-state index is 13.6. The molecule has 0 aliphatic rings. The number of pyridine rings is 1. The lowest BCUT2D eigenvalue weighted by Gasteiger charge is -2.15. The number of ketones is 2. The van der Waals surface area contributed by atoms with Gasteiger partial charge in [-0.3, -0.25) is 9.59 Å². The number of hydrogen-bond donors (Lipinski definition) is 2. The summed E-state index contributed by atoms with van der Waals surface area (Å²) < 4.78 is 29.5. The van der Waals surface area contributed by atoms with Gasteiger partial charge >= 0.3 is 0 Å². The number of aliphatic hydroxyl groups excluding tert-OH is 2. The number of halogens is 2. The Balaban J connectivity index is 1.85. The number of nitrogens with zero attached hydrogens (tertiary/aromatic N) is 1. The van der Waals surface area contributed by atoms with Gasteiger partial charge in [0.2, 0.25) is 0 Å². The summed E-state index contributed by atoms with van der Waals surface area (Å²) in [7, 11) is 2.84. The third-order valence-corrected chi connectivity index (χ3v) is 5.67. The van der Waals surface area contributed by atoms with Crippen molar-refractivity contribution < 1.29 is 38.4 Å². The second-order valence-corrected chi connectivity index (χ2v) is 8.09. The Morgan fingerprint density at radius 3 is 2.36 bits per heavy atom. The van der Waals surface area contributed by atoms with Gasteiger partial charge in [0, 0.05) is 17.5 Å². The SMILES string of the molecule is COc1cc(C(=O)C[C@@H](CO)C(=O)c2ccc(OC)c(-c3ccc(F)c(Cl)c3)n2)ccc1OCCO. The van der Waals surface area contributed by atoms with Gasteiger partial charge in [0.05, 0.1) is 38.4 Å². The summed E-state index contributed by atoms with van der Waals surface area (Å²) in [5.41, 5.74) is 0.957. The van der Waals surface area contributed by atoms with Crippen LogP contribution in [0.25, 0.3) is 11.3 Å². The number of aliphatic hydroxyl groups is 2. The van der Waals surface area contributed by atoms with Gasteiger partial charge in [0.15, 0.2) is 23.1 Å². The molecule has 8 nitrogen and oxygen atoms in total. The minimum absolute atomic E-state index is 0.00318. The van der Waals surface area contributed by atoms with Gasteiger partial charge in [-0.15, -0.1) is 0 Å². The average Bonchev–Trinajstić information content (AvgIpc) is 2.91. The normalized spacial score (nSPS) is 11.6. The highest BCUT2D eigenvalue weighted by atomic mass is 35.5. The van der Waals surface area contributed by atoms with Crippen LogP contribution in [-0.4, -0.2) is 60.8 Å². The van der Waals surface area contributed by atoms with Crippen LogP contribution in [0.3, 0.4) is 0 Å². The molecule has 3 aromatic rings. The number of carbonyl (C=O) groups is 2. The van der Waals surface area contributed by atoms with Crippen molar-refractivity contribution in [2.45, 2.75) is 6.42 Å². The first-order chi connectivity index (χ1) is 17.3. The van der Waals surface area contributed by atoms with Gasteiger partial charge in [-0.2, -0.15) is 0 Å². The first-order valence-corrected chi connectivity index (χ1v) is 11.3. The molecule has 10 heteroatoms. The summed E-state index contributed by atoms with van der Waals surface area (Å²) in [6.07, 6.45) is -0.277. The Morgan fingerprint density at radius 2 is 1.72 bits per heavy atom. The minimum Gasteiger partial charge on any atom is -0.494 e. The Morgan fingerprint density at radius 1 is 1.00 bits per heavy atom. The Kier molecular flexibility index (Phi) is 9.35. The lowest BCUT2D eigenvalue weighted by molar-refractivity contribution is 0.0787. The molecule has 0 aliphatic heterocycles. The molecule has 0 saturated heterocycles. The van der Waals surface area contributed by atoms with Gasteiger partial charge in [-0.1, -0.05) is 11.6 Å². The van der Waals surface area contributed by atoms with Crippen LogP contribution in [-0.2, 0) is 0 Å². The number of benzene rings is 2. The molecule has 2 N–H and O–H groups in total. The van der Waals surface area contributed by atoms with Crippen molar-refractivity contribution in [3.63, 3.8) is 0 Å². The van der Waals surface area contributed by atoms with Crippen molar-refractivity contribution in [3.8, 4) is 28.5 Å². The number of Topliss-reactive ketones (excluding diaryl/α,β-unsaturated/α-hetero) is 2. The maximum atomic E-state index is 13.6. The molecule has 36 heavy (non-hydrogen) atoms. The molecule has 0 radical (unpaired) electrons. The van der Waals surface area contributed by atoms with Crippen LogP contribution >= 0.6 is 11.6 Å². The van der Waals surface area contributed by atoms with E-state index in [1.165, 1.54) is 62.8 Å². The molecule has 0 spiro atoms. The van der Waals surface area contributed by atoms with Gasteiger partial charge in [0.25, 0.3) is 0 Å². The molecule has 0 fully saturated rings. The highest BCUT2D eigenvalue weighted by Crippen LogP contribution is 2.32. The average molecular weight is 518 g/mol. The van der Waals surface area contributed by atoms with Gasteiger partial charge in [-0.25, -0.2) is 9.37 Å². The smallest absolute Gasteiger partial charge is 0.187 e. The van der Waals surface area contributed by atoms with E-state index in [2.05, 4.69) is 4.98 Å². The van der Waals surface area contributed by atoms with E-state index >= 15 is 0 Å². The summed E-state index contributed by atoms with van der Waals surface area (Å²) in [4.78, 5) is 30.4. The highest BCUT2D eigenvalue weighted by Gasteiger charge is 2.26. The third kappa shape index (κ3) is 6.17. The molecule has 2 aromatic carbocycles. The van der Waals surface area contributed by atoms with Crippen molar-refractivity contribution in [1.82, 2.24) is 4.98 Å². The van der Waals surface area contributed by atoms with E-state index in [-0.39, 0.29) is 41.6 Å². The zero-order valence-electron chi connectivity index (χ0n) is 19.7. The number of ether oxygens (including phenoxy) is 3. The van der Waals surface area contributed by atoms with Crippen LogP contribution in [0.1, 0.15) is 27.3 Å². The lowest BCUT2D eigenvalue weighted by Crippen LogP contribution is -2.23. The molecule has 0 amide bonds. The fourth-order valence-corrected chi connectivity index (χ4v) is 3.69. The standard InChI is InChI=1S/C26H25ClFNO7/c1-34-23-8-6-20(29-25(23)16-3-5-19(28)18(27)11-16)26(33)17(14-31)12-21(32)15-4-7-22(36-10-9-30)24(13-15)35-2/h3-8,11,13,17,30-31H,9-10,12,14H2,1-2H3/t17-/m0/s1. The van der Waals surface area contributed by atoms with Crippen molar-refractivity contribution in [3.05, 3.63) is 70.6 Å². The zero-order valence-corrected chi connectivity index (χ0v) is 20.4. The van der Waals surface area contributed by atoms with Gasteiger partial charge < -0.3 is 24.4 Å². The molecule has 3 rings (SSSR count). The molecule has 1 heterocycles. The van der Waals surface area contributed by atoms with E-state index in [1.807, 2.05) is 0 Å². The van der Waals surface area contributed by atoms with E-state index in [0.29, 0.717) is 22.8 Å². The Bertz CT molecular complexity index is 1250. The number of carbonyl (C=O) groups excluding carboxylic acids is 2. The van der Waals surface area contributed by atoms with E-state index in [9.17, 15) is 19.1 Å². The van der Waals surface area contributed by atoms with Crippen molar-refractivity contribution in [1.29, 1.82) is 0 Å². The predicted octanol–water partition coefficient (Wildman–Crippen LogP) is 3.99. The second-order valence-electron chi connectivity index (χ2n) is 7.69. The molecule has 1 aromatic heterocycles. The molecular formula is C26H25ClFNO7. The fourth-order valence-electron chi connectivity index (χ4n) is 3.51. The third-order valence-electron chi connectivity index (χ3n) is 5.38. The molecule has 190 valence electrons. The summed E-state index contributed by atoms with van der Waals surface area (Å²) in [6.45, 7) is -0.698. The van der Waals surface area contributed by atoms with E-state index in [0.717, 1.165) is 0 Å². The monoisotopic (exact) mass is 517 g/mol. The number of methoxy groups -OCH3 is 2. The molecule has 0 saturated carbocycles. The Hall–Kier alpha value is -3.53. The van der Waals surface area contributed by atoms with E-state index in [4.69, 9.17) is 30.9 Å². The van der Waals surface area contributed by atoms with Crippen LogP contribution in [0.2, 0.25) is 5.02 Å².